The van der Waals surface area contributed by atoms with Gasteiger partial charge in [-0.15, -0.1) is 12.4 Å². The summed E-state index contributed by atoms with van der Waals surface area (Å²) in [6.45, 7) is 5.96. The molecule has 0 saturated carbocycles. The van der Waals surface area contributed by atoms with Gasteiger partial charge in [0.05, 0.1) is 4.90 Å². The molecule has 1 aliphatic heterocycles. The highest BCUT2D eigenvalue weighted by Crippen LogP contribution is 2.28. The summed E-state index contributed by atoms with van der Waals surface area (Å²) in [5, 5.41) is 0. The van der Waals surface area contributed by atoms with E-state index in [1.165, 1.54) is 0 Å². The zero-order valence-corrected chi connectivity index (χ0v) is 15.8. The van der Waals surface area contributed by atoms with Gasteiger partial charge in [-0.25, -0.2) is 13.1 Å². The van der Waals surface area contributed by atoms with Crippen molar-refractivity contribution in [3.63, 3.8) is 0 Å². The Bertz CT molecular complexity index is 664. The molecular formula is C16H26ClN3O3S. The maximum atomic E-state index is 12.2. The number of nitrogens with one attached hydrogen (secondary N) is 1. The van der Waals surface area contributed by atoms with Gasteiger partial charge in [-0.3, -0.25) is 4.79 Å². The molecule has 0 radical (unpaired) electrons. The van der Waals surface area contributed by atoms with Crippen LogP contribution in [0.3, 0.4) is 0 Å². The summed E-state index contributed by atoms with van der Waals surface area (Å²) in [5.41, 5.74) is 6.71. The number of nitrogens with zero attached hydrogens (tertiary/aromatic N) is 1. The van der Waals surface area contributed by atoms with Crippen LogP contribution in [0.1, 0.15) is 25.3 Å². The Morgan fingerprint density at radius 1 is 1.33 bits per heavy atom. The third-order valence-corrected chi connectivity index (χ3v) is 5.84. The summed E-state index contributed by atoms with van der Waals surface area (Å²) in [6, 6.07) is 6.62. The molecule has 0 aromatic heterocycles. The number of hydrogen-bond acceptors (Lipinski definition) is 4. The van der Waals surface area contributed by atoms with Gasteiger partial charge in [-0.1, -0.05) is 24.6 Å². The van der Waals surface area contributed by atoms with E-state index in [1.54, 1.807) is 29.2 Å². The highest BCUT2D eigenvalue weighted by Gasteiger charge is 2.34. The fraction of sp³-hybridized carbons (Fsp3) is 0.562. The fourth-order valence-corrected chi connectivity index (χ4v) is 3.69. The average Bonchev–Trinajstić information content (AvgIpc) is 2.91. The van der Waals surface area contributed by atoms with Crippen molar-refractivity contribution in [2.75, 3.05) is 26.2 Å². The van der Waals surface area contributed by atoms with Crippen LogP contribution in [-0.4, -0.2) is 45.4 Å². The largest absolute Gasteiger partial charge is 0.342 e. The maximum Gasteiger partial charge on any atom is 0.240 e. The normalized spacial score (nSPS) is 20.7. The molecule has 1 heterocycles. The lowest BCUT2D eigenvalue weighted by molar-refractivity contribution is -0.130. The number of benzene rings is 1. The molecule has 3 N–H and O–H groups in total. The van der Waals surface area contributed by atoms with Gasteiger partial charge < -0.3 is 10.6 Å². The van der Waals surface area contributed by atoms with Crippen LogP contribution in [0.15, 0.2) is 29.2 Å². The lowest BCUT2D eigenvalue weighted by Gasteiger charge is -2.22. The lowest BCUT2D eigenvalue weighted by Crippen LogP contribution is -2.36. The highest BCUT2D eigenvalue weighted by atomic mass is 35.5. The number of halogens is 1. The number of sulfonamides is 1. The third-order valence-electron chi connectivity index (χ3n) is 4.37. The van der Waals surface area contributed by atoms with Crippen LogP contribution >= 0.6 is 12.4 Å². The topological polar surface area (TPSA) is 92.5 Å². The summed E-state index contributed by atoms with van der Waals surface area (Å²) in [4.78, 5) is 14.2. The Morgan fingerprint density at radius 2 is 1.96 bits per heavy atom. The van der Waals surface area contributed by atoms with Gasteiger partial charge in [0.1, 0.15) is 0 Å². The molecule has 1 aromatic carbocycles. The van der Waals surface area contributed by atoms with E-state index in [1.807, 2.05) is 6.92 Å². The standard InChI is InChI=1S/C16H25N3O3S.ClH/c1-13-3-5-14(6-4-13)23(21,22)18-9-7-15(20)19-10-8-16(2,11-17)12-19;/h3-6,18H,7-12,17H2,1-2H3;1H. The van der Waals surface area contributed by atoms with E-state index in [0.717, 1.165) is 12.0 Å². The van der Waals surface area contributed by atoms with E-state index in [-0.39, 0.29) is 41.6 Å². The quantitative estimate of drug-likeness (QED) is 0.783. The van der Waals surface area contributed by atoms with Crippen LogP contribution in [0.4, 0.5) is 0 Å². The summed E-state index contributed by atoms with van der Waals surface area (Å²) in [7, 11) is -3.56. The number of nitrogens with two attached hydrogens (primary N) is 1. The molecule has 1 amide bonds. The molecule has 1 aliphatic rings. The van der Waals surface area contributed by atoms with E-state index >= 15 is 0 Å². The number of carbonyl (C=O) groups is 1. The molecule has 1 atom stereocenters. The van der Waals surface area contributed by atoms with Gasteiger partial charge in [-0.05, 0) is 37.4 Å². The van der Waals surface area contributed by atoms with E-state index in [9.17, 15) is 13.2 Å². The molecule has 8 heteroatoms. The van der Waals surface area contributed by atoms with Crippen LogP contribution in [0.5, 0.6) is 0 Å². The predicted molar refractivity (Wildman–Crippen MR) is 96.6 cm³/mol. The summed E-state index contributed by atoms with van der Waals surface area (Å²) in [5.74, 6) is -0.0335. The van der Waals surface area contributed by atoms with Gasteiger partial charge in [-0.2, -0.15) is 0 Å². The van der Waals surface area contributed by atoms with E-state index in [2.05, 4.69) is 11.6 Å². The Hall–Kier alpha value is -1.15. The summed E-state index contributed by atoms with van der Waals surface area (Å²) < 4.78 is 26.8. The molecule has 24 heavy (non-hydrogen) atoms. The van der Waals surface area contributed by atoms with Gasteiger partial charge in [0.15, 0.2) is 0 Å². The summed E-state index contributed by atoms with van der Waals surface area (Å²) >= 11 is 0. The van der Waals surface area contributed by atoms with Crippen molar-refractivity contribution in [2.24, 2.45) is 11.1 Å². The van der Waals surface area contributed by atoms with Crippen LogP contribution < -0.4 is 10.5 Å². The molecule has 136 valence electrons. The highest BCUT2D eigenvalue weighted by molar-refractivity contribution is 7.89. The molecule has 1 fully saturated rings. The second-order valence-electron chi connectivity index (χ2n) is 6.54. The molecule has 1 saturated heterocycles. The van der Waals surface area contributed by atoms with Gasteiger partial charge >= 0.3 is 0 Å². The van der Waals surface area contributed by atoms with Crippen molar-refractivity contribution in [3.8, 4) is 0 Å². The van der Waals surface area contributed by atoms with Crippen LogP contribution in [0.25, 0.3) is 0 Å². The molecule has 0 bridgehead atoms. The van der Waals surface area contributed by atoms with Gasteiger partial charge in [0, 0.05) is 26.1 Å². The van der Waals surface area contributed by atoms with Gasteiger partial charge in [0.25, 0.3) is 0 Å². The molecule has 2 rings (SSSR count). The first-order valence-electron chi connectivity index (χ1n) is 7.80. The Balaban J connectivity index is 0.00000288. The van der Waals surface area contributed by atoms with Crippen molar-refractivity contribution in [3.05, 3.63) is 29.8 Å². The van der Waals surface area contributed by atoms with E-state index < -0.39 is 10.0 Å². The number of carbonyl (C=O) groups excluding carboxylic acids is 1. The second-order valence-corrected chi connectivity index (χ2v) is 8.31. The molecular weight excluding hydrogens is 350 g/mol. The third kappa shape index (κ3) is 5.17. The van der Waals surface area contributed by atoms with Crippen LogP contribution in [-0.2, 0) is 14.8 Å². The molecule has 0 aliphatic carbocycles. The van der Waals surface area contributed by atoms with Crippen molar-refractivity contribution in [1.82, 2.24) is 9.62 Å². The number of aryl methyl sites for hydroxylation is 1. The minimum absolute atomic E-state index is 0. The van der Waals surface area contributed by atoms with Gasteiger partial charge in [0.2, 0.25) is 15.9 Å². The first-order chi connectivity index (χ1) is 10.8. The van der Waals surface area contributed by atoms with Crippen LogP contribution in [0, 0.1) is 12.3 Å². The number of hydrogen-bond donors (Lipinski definition) is 2. The zero-order chi connectivity index (χ0) is 17.1. The van der Waals surface area contributed by atoms with Crippen molar-refractivity contribution < 1.29 is 13.2 Å². The second kappa shape index (κ2) is 8.29. The lowest BCUT2D eigenvalue weighted by atomic mass is 9.90. The van der Waals surface area contributed by atoms with E-state index in [0.29, 0.717) is 19.6 Å². The minimum atomic E-state index is -3.56. The molecule has 0 spiro atoms. The monoisotopic (exact) mass is 375 g/mol. The Labute approximate surface area is 150 Å². The average molecular weight is 376 g/mol. The maximum absolute atomic E-state index is 12.2. The number of likely N-dealkylation sites (tertiary alicyclic amines) is 1. The SMILES string of the molecule is Cc1ccc(S(=O)(=O)NCCC(=O)N2CCC(C)(CN)C2)cc1.Cl. The smallest absolute Gasteiger partial charge is 0.240 e. The Kier molecular flexibility index (Phi) is 7.22. The number of rotatable bonds is 6. The molecule has 6 nitrogen and oxygen atoms in total. The summed E-state index contributed by atoms with van der Waals surface area (Å²) in [6.07, 6.45) is 1.05. The van der Waals surface area contributed by atoms with Crippen LogP contribution in [0.2, 0.25) is 0 Å². The fourth-order valence-electron chi connectivity index (χ4n) is 2.65. The first-order valence-corrected chi connectivity index (χ1v) is 9.28. The van der Waals surface area contributed by atoms with E-state index in [4.69, 9.17) is 5.73 Å². The first kappa shape index (κ1) is 20.9. The predicted octanol–water partition coefficient (Wildman–Crippen LogP) is 1.28. The minimum Gasteiger partial charge on any atom is -0.342 e. The van der Waals surface area contributed by atoms with Crippen molar-refractivity contribution >= 4 is 28.3 Å². The zero-order valence-electron chi connectivity index (χ0n) is 14.1. The molecule has 1 aromatic rings. The Morgan fingerprint density at radius 3 is 2.50 bits per heavy atom. The molecule has 1 unspecified atom stereocenters. The van der Waals surface area contributed by atoms with Crippen molar-refractivity contribution in [1.29, 1.82) is 0 Å². The number of amides is 1. The van der Waals surface area contributed by atoms with Crippen molar-refractivity contribution in [2.45, 2.75) is 31.6 Å².